The van der Waals surface area contributed by atoms with E-state index in [4.69, 9.17) is 16.3 Å². The molecule has 3 aromatic rings. The van der Waals surface area contributed by atoms with Gasteiger partial charge in [-0.05, 0) is 42.2 Å². The Morgan fingerprint density at radius 2 is 1.42 bits per heavy atom. The summed E-state index contributed by atoms with van der Waals surface area (Å²) in [5.74, 6) is -2.48. The number of ether oxygens (including phenoxy) is 1. The molecular weight excluding hydrogens is 474 g/mol. The first-order chi connectivity index (χ1) is 17.3. The SMILES string of the molecule is COC(=O)[C@]1(Cc2ccccc2)N[C@H](c2ccc(Cl)cc2)[C@@H]2C(=O)[C@@](C)(Cc3ccccc3)C(=O)[C@@H]21. The summed E-state index contributed by atoms with van der Waals surface area (Å²) in [6.07, 6.45) is 0.515. The maximum Gasteiger partial charge on any atom is 0.327 e. The summed E-state index contributed by atoms with van der Waals surface area (Å²) < 4.78 is 5.31. The number of carbonyl (C=O) groups excluding carboxylic acids is 3. The number of rotatable bonds is 6. The first-order valence-corrected chi connectivity index (χ1v) is 12.5. The zero-order valence-corrected chi connectivity index (χ0v) is 21.0. The number of methoxy groups -OCH3 is 1. The Labute approximate surface area is 215 Å². The van der Waals surface area contributed by atoms with Gasteiger partial charge in [-0.2, -0.15) is 0 Å². The highest BCUT2D eigenvalue weighted by atomic mass is 35.5. The number of Topliss-reactive ketones (excluding diaryl/α,β-unsaturated/α-hetero) is 2. The zero-order valence-electron chi connectivity index (χ0n) is 20.2. The quantitative estimate of drug-likeness (QED) is 0.389. The lowest BCUT2D eigenvalue weighted by Crippen LogP contribution is -2.57. The van der Waals surface area contributed by atoms with E-state index in [1.807, 2.05) is 72.8 Å². The average molecular weight is 502 g/mol. The van der Waals surface area contributed by atoms with Crippen molar-refractivity contribution in [2.75, 3.05) is 7.11 Å². The van der Waals surface area contributed by atoms with Crippen molar-refractivity contribution >= 4 is 29.1 Å². The fourth-order valence-electron chi connectivity index (χ4n) is 6.14. The molecule has 1 aliphatic carbocycles. The first kappa shape index (κ1) is 24.4. The summed E-state index contributed by atoms with van der Waals surface area (Å²) in [5, 5.41) is 4.01. The van der Waals surface area contributed by atoms with Crippen molar-refractivity contribution in [3.8, 4) is 0 Å². The summed E-state index contributed by atoms with van der Waals surface area (Å²) in [6, 6.07) is 25.7. The van der Waals surface area contributed by atoms with Crippen molar-refractivity contribution in [2.45, 2.75) is 31.3 Å². The molecule has 1 heterocycles. The number of halogens is 1. The predicted octanol–water partition coefficient (Wildman–Crippen LogP) is 4.77. The number of hydrogen-bond donors (Lipinski definition) is 1. The summed E-state index contributed by atoms with van der Waals surface area (Å²) in [4.78, 5) is 42.0. The molecule has 2 fully saturated rings. The maximum absolute atomic E-state index is 14.3. The van der Waals surface area contributed by atoms with Crippen molar-refractivity contribution in [1.82, 2.24) is 5.32 Å². The molecule has 1 saturated heterocycles. The lowest BCUT2D eigenvalue weighted by molar-refractivity contribution is -0.153. The van der Waals surface area contributed by atoms with Crippen LogP contribution in [0.1, 0.15) is 29.7 Å². The van der Waals surface area contributed by atoms with Gasteiger partial charge in [-0.3, -0.25) is 19.7 Å². The van der Waals surface area contributed by atoms with Gasteiger partial charge in [0.25, 0.3) is 0 Å². The minimum Gasteiger partial charge on any atom is -0.468 e. The molecule has 0 bridgehead atoms. The van der Waals surface area contributed by atoms with Gasteiger partial charge in [0.2, 0.25) is 0 Å². The van der Waals surface area contributed by atoms with Gasteiger partial charge in [0.05, 0.1) is 24.4 Å². The van der Waals surface area contributed by atoms with E-state index in [0.29, 0.717) is 5.02 Å². The van der Waals surface area contributed by atoms with Gasteiger partial charge in [0.15, 0.2) is 11.6 Å². The van der Waals surface area contributed by atoms with Gasteiger partial charge in [-0.25, -0.2) is 0 Å². The maximum atomic E-state index is 14.3. The normalized spacial score (nSPS) is 29.2. The molecule has 0 radical (unpaired) electrons. The molecule has 0 unspecified atom stereocenters. The van der Waals surface area contributed by atoms with E-state index in [9.17, 15) is 14.4 Å². The van der Waals surface area contributed by atoms with Crippen LogP contribution in [0.4, 0.5) is 0 Å². The van der Waals surface area contributed by atoms with Gasteiger partial charge in [0, 0.05) is 17.5 Å². The zero-order chi connectivity index (χ0) is 25.5. The van der Waals surface area contributed by atoms with E-state index < -0.39 is 34.8 Å². The number of fused-ring (bicyclic) bond motifs is 1. The summed E-state index contributed by atoms with van der Waals surface area (Å²) >= 11 is 6.14. The molecule has 1 saturated carbocycles. The van der Waals surface area contributed by atoms with E-state index in [-0.39, 0.29) is 24.4 Å². The Bertz CT molecular complexity index is 1290. The molecular formula is C30H28ClNO4. The number of ketones is 2. The molecule has 1 aliphatic heterocycles. The third-order valence-corrected chi connectivity index (χ3v) is 8.09. The van der Waals surface area contributed by atoms with Crippen molar-refractivity contribution in [1.29, 1.82) is 0 Å². The second kappa shape index (κ2) is 9.30. The molecule has 184 valence electrons. The van der Waals surface area contributed by atoms with Crippen LogP contribution in [0.15, 0.2) is 84.9 Å². The Balaban J connectivity index is 1.66. The van der Waals surface area contributed by atoms with Crippen LogP contribution in [0.25, 0.3) is 0 Å². The van der Waals surface area contributed by atoms with Crippen LogP contribution in [0.2, 0.25) is 5.02 Å². The lowest BCUT2D eigenvalue weighted by Gasteiger charge is -2.34. The van der Waals surface area contributed by atoms with Gasteiger partial charge < -0.3 is 4.74 Å². The van der Waals surface area contributed by atoms with Crippen molar-refractivity contribution in [3.05, 3.63) is 107 Å². The van der Waals surface area contributed by atoms with Crippen LogP contribution in [0.5, 0.6) is 0 Å². The standard InChI is InChI=1S/C30H28ClNO4/c1-29(17-19-9-5-3-6-10-19)26(33)23-24(27(29)34)30(28(35)36-2,18-20-11-7-4-8-12-20)32-25(23)21-13-15-22(31)16-14-21/h3-16,23-25,32H,17-18H2,1-2H3/t23-,24-,25-,29-,30-/m1/s1. The van der Waals surface area contributed by atoms with E-state index in [1.165, 1.54) is 7.11 Å². The van der Waals surface area contributed by atoms with E-state index >= 15 is 0 Å². The monoisotopic (exact) mass is 501 g/mol. The Kier molecular flexibility index (Phi) is 6.31. The number of benzene rings is 3. The molecule has 3 aromatic carbocycles. The van der Waals surface area contributed by atoms with Crippen LogP contribution in [0, 0.1) is 17.3 Å². The molecule has 5 atom stereocenters. The minimum atomic E-state index is -1.38. The fourth-order valence-corrected chi connectivity index (χ4v) is 6.26. The molecule has 1 N–H and O–H groups in total. The van der Waals surface area contributed by atoms with Crippen molar-refractivity contribution in [2.24, 2.45) is 17.3 Å². The third kappa shape index (κ3) is 3.87. The fraction of sp³-hybridized carbons (Fsp3) is 0.300. The highest BCUT2D eigenvalue weighted by molar-refractivity contribution is 6.30. The first-order valence-electron chi connectivity index (χ1n) is 12.1. The summed E-state index contributed by atoms with van der Waals surface area (Å²) in [5.41, 5.74) is -0.0448. The Morgan fingerprint density at radius 3 is 1.97 bits per heavy atom. The van der Waals surface area contributed by atoms with E-state index in [0.717, 1.165) is 16.7 Å². The van der Waals surface area contributed by atoms with Crippen LogP contribution >= 0.6 is 11.6 Å². The Hall–Kier alpha value is -3.28. The smallest absolute Gasteiger partial charge is 0.327 e. The van der Waals surface area contributed by atoms with Crippen LogP contribution in [-0.2, 0) is 32.0 Å². The molecule has 36 heavy (non-hydrogen) atoms. The van der Waals surface area contributed by atoms with Crippen LogP contribution < -0.4 is 5.32 Å². The second-order valence-corrected chi connectivity index (χ2v) is 10.5. The van der Waals surface area contributed by atoms with E-state index in [1.54, 1.807) is 19.1 Å². The van der Waals surface area contributed by atoms with Crippen LogP contribution in [0.3, 0.4) is 0 Å². The Morgan fingerprint density at radius 1 is 0.861 bits per heavy atom. The van der Waals surface area contributed by atoms with Crippen LogP contribution in [-0.4, -0.2) is 30.2 Å². The highest BCUT2D eigenvalue weighted by Gasteiger charge is 2.71. The molecule has 5 rings (SSSR count). The van der Waals surface area contributed by atoms with Gasteiger partial charge in [-0.1, -0.05) is 84.4 Å². The minimum absolute atomic E-state index is 0.146. The number of esters is 1. The molecule has 0 amide bonds. The highest BCUT2D eigenvalue weighted by Crippen LogP contribution is 2.56. The van der Waals surface area contributed by atoms with Crippen molar-refractivity contribution < 1.29 is 19.1 Å². The predicted molar refractivity (Wildman–Crippen MR) is 137 cm³/mol. The average Bonchev–Trinajstić information content (AvgIpc) is 3.33. The van der Waals surface area contributed by atoms with Gasteiger partial charge >= 0.3 is 5.97 Å². The molecule has 0 spiro atoms. The number of carbonyl (C=O) groups is 3. The summed E-state index contributed by atoms with van der Waals surface area (Å²) in [7, 11) is 1.33. The topological polar surface area (TPSA) is 72.5 Å². The largest absolute Gasteiger partial charge is 0.468 e. The third-order valence-electron chi connectivity index (χ3n) is 7.84. The molecule has 5 nitrogen and oxygen atoms in total. The van der Waals surface area contributed by atoms with Crippen molar-refractivity contribution in [3.63, 3.8) is 0 Å². The van der Waals surface area contributed by atoms with Gasteiger partial charge in [0.1, 0.15) is 5.54 Å². The summed E-state index contributed by atoms with van der Waals surface area (Å²) in [6.45, 7) is 1.73. The van der Waals surface area contributed by atoms with E-state index in [2.05, 4.69) is 5.32 Å². The molecule has 6 heteroatoms. The number of nitrogens with one attached hydrogen (secondary N) is 1. The lowest BCUT2D eigenvalue weighted by atomic mass is 9.73. The second-order valence-electron chi connectivity index (χ2n) is 10.0. The molecule has 2 aliphatic rings. The van der Waals surface area contributed by atoms with Gasteiger partial charge in [-0.15, -0.1) is 0 Å². The molecule has 0 aromatic heterocycles. The number of hydrogen-bond acceptors (Lipinski definition) is 5.